The Morgan fingerprint density at radius 1 is 1.16 bits per heavy atom. The smallest absolute Gasteiger partial charge is 0.408 e. The molecule has 1 aliphatic rings. The van der Waals surface area contributed by atoms with Crippen LogP contribution in [0.2, 0.25) is 0 Å². The molecule has 32 heavy (non-hydrogen) atoms. The Morgan fingerprint density at radius 2 is 1.84 bits per heavy atom. The summed E-state index contributed by atoms with van der Waals surface area (Å²) < 4.78 is 11.1. The number of hydrogen-bond donors (Lipinski definition) is 1. The van der Waals surface area contributed by atoms with Crippen LogP contribution in [0, 0.1) is 0 Å². The lowest BCUT2D eigenvalue weighted by atomic mass is 10.1. The second kappa shape index (κ2) is 10.7. The van der Waals surface area contributed by atoms with E-state index in [1.165, 1.54) is 11.8 Å². The van der Waals surface area contributed by atoms with Crippen LogP contribution in [0.3, 0.4) is 0 Å². The van der Waals surface area contributed by atoms with Crippen molar-refractivity contribution in [2.24, 2.45) is 0 Å². The van der Waals surface area contributed by atoms with Crippen molar-refractivity contribution in [3.63, 3.8) is 0 Å². The quantitative estimate of drug-likeness (QED) is 0.679. The Hall–Kier alpha value is -2.71. The topological polar surface area (TPSA) is 71.1 Å². The number of nitrogens with one attached hydrogen (secondary N) is 1. The molecule has 0 unspecified atom stereocenters. The van der Waals surface area contributed by atoms with Gasteiger partial charge in [-0.3, -0.25) is 4.79 Å². The van der Waals surface area contributed by atoms with E-state index in [9.17, 15) is 9.59 Å². The van der Waals surface area contributed by atoms with E-state index in [0.29, 0.717) is 13.1 Å². The zero-order valence-corrected chi connectivity index (χ0v) is 20.0. The molecule has 0 saturated heterocycles. The van der Waals surface area contributed by atoms with Gasteiger partial charge in [0.1, 0.15) is 5.75 Å². The number of thioether (sulfide) groups is 1. The van der Waals surface area contributed by atoms with Crippen molar-refractivity contribution >= 4 is 29.4 Å². The third-order valence-corrected chi connectivity index (χ3v) is 6.42. The monoisotopic (exact) mass is 457 g/mol. The molecule has 2 atom stereocenters. The first-order valence-electron chi connectivity index (χ1n) is 10.6. The lowest BCUT2D eigenvalue weighted by Crippen LogP contribution is -2.47. The number of rotatable bonds is 7. The first kappa shape index (κ1) is 23.9. The molecule has 1 aliphatic heterocycles. The summed E-state index contributed by atoms with van der Waals surface area (Å²) in [5.74, 6) is 0.491. The number of benzene rings is 2. The largest absolute Gasteiger partial charge is 0.497 e. The zero-order valence-electron chi connectivity index (χ0n) is 19.2. The average Bonchev–Trinajstić information content (AvgIpc) is 2.87. The summed E-state index contributed by atoms with van der Waals surface area (Å²) >= 11 is 1.53. The molecular formula is C24H31N3O4S. The zero-order chi connectivity index (χ0) is 23.3. The number of para-hydroxylation sites is 1. The summed E-state index contributed by atoms with van der Waals surface area (Å²) in [5, 5.41) is 2.33. The lowest BCUT2D eigenvalue weighted by Gasteiger charge is -2.29. The van der Waals surface area contributed by atoms with E-state index in [0.717, 1.165) is 21.9 Å². The fourth-order valence-corrected chi connectivity index (χ4v) is 4.76. The first-order valence-corrected chi connectivity index (χ1v) is 11.5. The number of fused-ring (bicyclic) bond motifs is 1. The van der Waals surface area contributed by atoms with E-state index in [2.05, 4.69) is 5.32 Å². The average molecular weight is 458 g/mol. The van der Waals surface area contributed by atoms with Gasteiger partial charge in [-0.15, -0.1) is 11.8 Å². The second-order valence-corrected chi connectivity index (χ2v) is 9.38. The first-order chi connectivity index (χ1) is 15.3. The Morgan fingerprint density at radius 3 is 2.47 bits per heavy atom. The molecule has 1 N–H and O–H groups in total. The van der Waals surface area contributed by atoms with Crippen LogP contribution in [-0.4, -0.2) is 63.3 Å². The molecule has 0 bridgehead atoms. The third-order valence-electron chi connectivity index (χ3n) is 5.05. The standard InChI is InChI=1S/C24H31N3O4S/c1-16(2)25-24(29)31-21-22(17-10-12-18(30-5)13-11-17)32-20-9-7-6-8-19(20)27(23(21)28)15-14-26(3)4/h6-13,16,21-22H,14-15H2,1-5H3,(H,25,29)/t21-,22+/m0/s1. The Labute approximate surface area is 194 Å². The molecule has 3 rings (SSSR count). The predicted molar refractivity (Wildman–Crippen MR) is 127 cm³/mol. The Balaban J connectivity index is 2.04. The van der Waals surface area contributed by atoms with Gasteiger partial charge in [0.25, 0.3) is 5.91 Å². The van der Waals surface area contributed by atoms with E-state index in [-0.39, 0.29) is 11.9 Å². The Kier molecular flexibility index (Phi) is 8.04. The molecule has 0 aromatic heterocycles. The van der Waals surface area contributed by atoms with Gasteiger partial charge in [-0.25, -0.2) is 4.79 Å². The molecule has 0 radical (unpaired) electrons. The van der Waals surface area contributed by atoms with Crippen LogP contribution in [0.5, 0.6) is 5.75 Å². The fourth-order valence-electron chi connectivity index (χ4n) is 3.44. The number of hydrogen-bond acceptors (Lipinski definition) is 6. The van der Waals surface area contributed by atoms with Crippen molar-refractivity contribution in [2.75, 3.05) is 39.2 Å². The molecule has 2 aromatic carbocycles. The van der Waals surface area contributed by atoms with Crippen LogP contribution < -0.4 is 15.0 Å². The maximum absolute atomic E-state index is 13.8. The van der Waals surface area contributed by atoms with Gasteiger partial charge in [0.05, 0.1) is 18.0 Å². The van der Waals surface area contributed by atoms with Gasteiger partial charge in [0.2, 0.25) is 0 Å². The SMILES string of the molecule is COc1ccc([C@H]2Sc3ccccc3N(CCN(C)C)C(=O)[C@H]2OC(=O)NC(C)C)cc1. The van der Waals surface area contributed by atoms with Crippen molar-refractivity contribution in [3.05, 3.63) is 54.1 Å². The number of anilines is 1. The van der Waals surface area contributed by atoms with Gasteiger partial charge in [-0.1, -0.05) is 24.3 Å². The number of methoxy groups -OCH3 is 1. The number of carbonyl (C=O) groups excluding carboxylic acids is 2. The van der Waals surface area contributed by atoms with E-state index in [4.69, 9.17) is 9.47 Å². The molecular weight excluding hydrogens is 426 g/mol. The number of amides is 2. The van der Waals surface area contributed by atoms with Crippen molar-refractivity contribution in [2.45, 2.75) is 36.1 Å². The normalized spacial score (nSPS) is 18.3. The molecule has 2 amide bonds. The van der Waals surface area contributed by atoms with Crippen molar-refractivity contribution in [1.29, 1.82) is 0 Å². The summed E-state index contributed by atoms with van der Waals surface area (Å²) in [6, 6.07) is 15.3. The molecule has 7 nitrogen and oxygen atoms in total. The van der Waals surface area contributed by atoms with Gasteiger partial charge >= 0.3 is 6.09 Å². The summed E-state index contributed by atoms with van der Waals surface area (Å²) in [4.78, 5) is 31.1. The van der Waals surface area contributed by atoms with Crippen LogP contribution in [0.4, 0.5) is 10.5 Å². The van der Waals surface area contributed by atoms with Gasteiger partial charge in [0, 0.05) is 24.0 Å². The van der Waals surface area contributed by atoms with Crippen molar-refractivity contribution < 1.29 is 19.1 Å². The molecule has 0 saturated carbocycles. The van der Waals surface area contributed by atoms with E-state index >= 15 is 0 Å². The highest BCUT2D eigenvalue weighted by Crippen LogP contribution is 2.46. The molecule has 0 spiro atoms. The molecule has 172 valence electrons. The van der Waals surface area contributed by atoms with Gasteiger partial charge in [0.15, 0.2) is 6.10 Å². The highest BCUT2D eigenvalue weighted by atomic mass is 32.2. The maximum atomic E-state index is 13.8. The summed E-state index contributed by atoms with van der Waals surface area (Å²) in [6.45, 7) is 4.88. The van der Waals surface area contributed by atoms with Crippen LogP contribution in [0.25, 0.3) is 0 Å². The summed E-state index contributed by atoms with van der Waals surface area (Å²) in [5.41, 5.74) is 1.72. The lowest BCUT2D eigenvalue weighted by molar-refractivity contribution is -0.127. The molecule has 8 heteroatoms. The molecule has 1 heterocycles. The molecule has 0 aliphatic carbocycles. The van der Waals surface area contributed by atoms with Crippen LogP contribution in [0.15, 0.2) is 53.4 Å². The minimum Gasteiger partial charge on any atom is -0.497 e. The molecule has 0 fully saturated rings. The number of nitrogens with zero attached hydrogens (tertiary/aromatic N) is 2. The number of likely N-dealkylation sites (N-methyl/N-ethyl adjacent to an activating group) is 1. The summed E-state index contributed by atoms with van der Waals surface area (Å²) in [7, 11) is 5.54. The second-order valence-electron chi connectivity index (χ2n) is 8.20. The van der Waals surface area contributed by atoms with Gasteiger partial charge in [-0.05, 0) is 57.8 Å². The molecule has 2 aromatic rings. The van der Waals surface area contributed by atoms with Gasteiger partial charge < -0.3 is 24.6 Å². The number of ether oxygens (including phenoxy) is 2. The van der Waals surface area contributed by atoms with E-state index < -0.39 is 17.4 Å². The van der Waals surface area contributed by atoms with Crippen LogP contribution in [0.1, 0.15) is 24.7 Å². The summed E-state index contributed by atoms with van der Waals surface area (Å²) in [6.07, 6.45) is -1.59. The number of carbonyl (C=O) groups is 2. The van der Waals surface area contributed by atoms with Gasteiger partial charge in [-0.2, -0.15) is 0 Å². The minimum absolute atomic E-state index is 0.0995. The highest BCUT2D eigenvalue weighted by Gasteiger charge is 2.41. The predicted octanol–water partition coefficient (Wildman–Crippen LogP) is 3.94. The fraction of sp³-hybridized carbons (Fsp3) is 0.417. The van der Waals surface area contributed by atoms with Crippen molar-refractivity contribution in [3.8, 4) is 5.75 Å². The minimum atomic E-state index is -0.985. The van der Waals surface area contributed by atoms with Crippen LogP contribution in [-0.2, 0) is 9.53 Å². The van der Waals surface area contributed by atoms with E-state index in [1.54, 1.807) is 12.0 Å². The Bertz CT molecular complexity index is 933. The van der Waals surface area contributed by atoms with E-state index in [1.807, 2.05) is 81.4 Å². The highest BCUT2D eigenvalue weighted by molar-refractivity contribution is 7.99. The maximum Gasteiger partial charge on any atom is 0.408 e. The van der Waals surface area contributed by atoms with Crippen LogP contribution >= 0.6 is 11.8 Å². The number of alkyl carbamates (subject to hydrolysis) is 1. The van der Waals surface area contributed by atoms with Crippen molar-refractivity contribution in [1.82, 2.24) is 10.2 Å². The third kappa shape index (κ3) is 5.75.